The van der Waals surface area contributed by atoms with Crippen molar-refractivity contribution in [3.63, 3.8) is 0 Å². The van der Waals surface area contributed by atoms with Crippen molar-refractivity contribution in [3.8, 4) is 0 Å². The van der Waals surface area contributed by atoms with Gasteiger partial charge in [0, 0.05) is 25.6 Å². The van der Waals surface area contributed by atoms with E-state index in [2.05, 4.69) is 16.0 Å². The number of hydrogen-bond acceptors (Lipinski definition) is 5. The number of ether oxygens (including phenoxy) is 1. The van der Waals surface area contributed by atoms with Crippen LogP contribution in [-0.4, -0.2) is 55.6 Å². The van der Waals surface area contributed by atoms with Crippen molar-refractivity contribution in [2.45, 2.75) is 44.4 Å². The molecule has 4 atom stereocenters. The van der Waals surface area contributed by atoms with Gasteiger partial charge in [0.1, 0.15) is 6.04 Å². The number of carbonyl (C=O) groups excluding carboxylic acids is 3. The van der Waals surface area contributed by atoms with Crippen molar-refractivity contribution < 1.29 is 19.1 Å². The van der Waals surface area contributed by atoms with Crippen molar-refractivity contribution in [2.75, 3.05) is 19.7 Å². The highest BCUT2D eigenvalue weighted by molar-refractivity contribution is 5.90. The summed E-state index contributed by atoms with van der Waals surface area (Å²) in [5, 5.41) is 8.44. The second-order valence-electron chi connectivity index (χ2n) is 5.75. The fourth-order valence-electron chi connectivity index (χ4n) is 2.94. The molecule has 2 fully saturated rings. The van der Waals surface area contributed by atoms with Crippen LogP contribution in [0.25, 0.3) is 0 Å². The van der Waals surface area contributed by atoms with Crippen molar-refractivity contribution in [1.82, 2.24) is 16.0 Å². The molecule has 0 spiro atoms. The molecule has 0 radical (unpaired) electrons. The molecular formula is C14H24N4O4. The first-order valence-corrected chi connectivity index (χ1v) is 7.73. The summed E-state index contributed by atoms with van der Waals surface area (Å²) in [4.78, 5) is 35.4. The smallest absolute Gasteiger partial charge is 0.240 e. The lowest BCUT2D eigenvalue weighted by atomic mass is 9.97. The van der Waals surface area contributed by atoms with Crippen LogP contribution in [0.2, 0.25) is 0 Å². The van der Waals surface area contributed by atoms with Gasteiger partial charge in [0.15, 0.2) is 0 Å². The second kappa shape index (κ2) is 7.55. The van der Waals surface area contributed by atoms with Crippen LogP contribution in [0, 0.1) is 5.92 Å². The normalized spacial score (nSPS) is 29.1. The maximum atomic E-state index is 12.2. The highest BCUT2D eigenvalue weighted by Gasteiger charge is 2.34. The van der Waals surface area contributed by atoms with E-state index in [1.165, 1.54) is 0 Å². The van der Waals surface area contributed by atoms with Gasteiger partial charge in [0.05, 0.1) is 12.1 Å². The Hall–Kier alpha value is -1.67. The van der Waals surface area contributed by atoms with Crippen LogP contribution >= 0.6 is 0 Å². The minimum atomic E-state index is -0.825. The van der Waals surface area contributed by atoms with Crippen molar-refractivity contribution in [1.29, 1.82) is 0 Å². The average Bonchev–Trinajstić information content (AvgIpc) is 3.08. The molecule has 8 nitrogen and oxygen atoms in total. The number of rotatable bonds is 7. The van der Waals surface area contributed by atoms with E-state index in [-0.39, 0.29) is 30.3 Å². The summed E-state index contributed by atoms with van der Waals surface area (Å²) in [5.41, 5.74) is 5.35. The Morgan fingerprint density at radius 3 is 2.86 bits per heavy atom. The lowest BCUT2D eigenvalue weighted by molar-refractivity contribution is -0.130. The van der Waals surface area contributed by atoms with Gasteiger partial charge in [-0.2, -0.15) is 0 Å². The molecule has 5 N–H and O–H groups in total. The first-order valence-electron chi connectivity index (χ1n) is 7.73. The number of amides is 3. The topological polar surface area (TPSA) is 123 Å². The van der Waals surface area contributed by atoms with E-state index in [0.717, 1.165) is 0 Å². The zero-order valence-corrected chi connectivity index (χ0v) is 12.8. The Morgan fingerprint density at radius 2 is 2.27 bits per heavy atom. The summed E-state index contributed by atoms with van der Waals surface area (Å²) in [6.07, 6.45) is 1.48. The molecule has 2 aliphatic heterocycles. The number of nitrogens with two attached hydrogens (primary N) is 1. The fourth-order valence-corrected chi connectivity index (χ4v) is 2.94. The molecule has 0 aromatic carbocycles. The van der Waals surface area contributed by atoms with Gasteiger partial charge in [-0.25, -0.2) is 0 Å². The third kappa shape index (κ3) is 4.17. The van der Waals surface area contributed by atoms with Crippen LogP contribution in [0.4, 0.5) is 0 Å². The van der Waals surface area contributed by atoms with E-state index in [4.69, 9.17) is 10.5 Å². The quantitative estimate of drug-likeness (QED) is 0.444. The van der Waals surface area contributed by atoms with Gasteiger partial charge in [0.2, 0.25) is 17.7 Å². The van der Waals surface area contributed by atoms with E-state index in [1.807, 2.05) is 6.92 Å². The number of primary amides is 1. The van der Waals surface area contributed by atoms with Crippen LogP contribution < -0.4 is 21.7 Å². The summed E-state index contributed by atoms with van der Waals surface area (Å²) in [6, 6.07) is -1.22. The van der Waals surface area contributed by atoms with Gasteiger partial charge in [-0.1, -0.05) is 0 Å². The third-order valence-corrected chi connectivity index (χ3v) is 4.15. The van der Waals surface area contributed by atoms with Crippen molar-refractivity contribution >= 4 is 17.7 Å². The average molecular weight is 312 g/mol. The predicted octanol–water partition coefficient (Wildman–Crippen LogP) is -1.75. The third-order valence-electron chi connectivity index (χ3n) is 4.15. The SMILES string of the molecule is CCO[C@H]1CN[C@H](C(=O)N[C@@H](C[C@@H]2CCNC2=O)C(N)=O)C1. The summed E-state index contributed by atoms with van der Waals surface area (Å²) in [7, 11) is 0. The van der Waals surface area contributed by atoms with E-state index < -0.39 is 18.0 Å². The van der Waals surface area contributed by atoms with Crippen LogP contribution in [-0.2, 0) is 19.1 Å². The summed E-state index contributed by atoms with van der Waals surface area (Å²) < 4.78 is 5.47. The Kier molecular flexibility index (Phi) is 5.73. The Bertz CT molecular complexity index is 443. The van der Waals surface area contributed by atoms with Crippen molar-refractivity contribution in [3.05, 3.63) is 0 Å². The second-order valence-corrected chi connectivity index (χ2v) is 5.75. The monoisotopic (exact) mass is 312 g/mol. The standard InChI is InChI=1S/C14H24N4O4/c1-2-22-9-6-11(17-7-9)14(21)18-10(12(15)19)5-8-3-4-16-13(8)20/h8-11,17H,2-7H2,1H3,(H2,15,19)(H,16,20)(H,18,21)/t8-,9+,10-,11-/m0/s1. The van der Waals surface area contributed by atoms with E-state index in [9.17, 15) is 14.4 Å². The van der Waals surface area contributed by atoms with Gasteiger partial charge in [-0.3, -0.25) is 14.4 Å². The highest BCUT2D eigenvalue weighted by atomic mass is 16.5. The molecule has 22 heavy (non-hydrogen) atoms. The summed E-state index contributed by atoms with van der Waals surface area (Å²) in [6.45, 7) is 3.71. The predicted molar refractivity (Wildman–Crippen MR) is 78.7 cm³/mol. The van der Waals surface area contributed by atoms with E-state index in [1.54, 1.807) is 0 Å². The van der Waals surface area contributed by atoms with Crippen LogP contribution in [0.3, 0.4) is 0 Å². The molecule has 0 aromatic rings. The largest absolute Gasteiger partial charge is 0.377 e. The zero-order chi connectivity index (χ0) is 16.1. The van der Waals surface area contributed by atoms with Crippen LogP contribution in [0.1, 0.15) is 26.2 Å². The number of hydrogen-bond donors (Lipinski definition) is 4. The zero-order valence-electron chi connectivity index (χ0n) is 12.8. The Balaban J connectivity index is 1.86. The molecular weight excluding hydrogens is 288 g/mol. The van der Waals surface area contributed by atoms with Crippen LogP contribution in [0.15, 0.2) is 0 Å². The van der Waals surface area contributed by atoms with Gasteiger partial charge in [0.25, 0.3) is 0 Å². The van der Waals surface area contributed by atoms with E-state index in [0.29, 0.717) is 32.5 Å². The molecule has 0 saturated carbocycles. The maximum Gasteiger partial charge on any atom is 0.240 e. The summed E-state index contributed by atoms with van der Waals surface area (Å²) >= 11 is 0. The Morgan fingerprint density at radius 1 is 1.50 bits per heavy atom. The molecule has 0 aliphatic carbocycles. The molecule has 0 aromatic heterocycles. The maximum absolute atomic E-state index is 12.2. The number of nitrogens with one attached hydrogen (secondary N) is 3. The lowest BCUT2D eigenvalue weighted by Gasteiger charge is -2.20. The molecule has 2 rings (SSSR count). The van der Waals surface area contributed by atoms with Crippen molar-refractivity contribution in [2.24, 2.45) is 11.7 Å². The first kappa shape index (κ1) is 16.7. The van der Waals surface area contributed by atoms with Gasteiger partial charge < -0.3 is 26.4 Å². The fraction of sp³-hybridized carbons (Fsp3) is 0.786. The molecule has 2 saturated heterocycles. The van der Waals surface area contributed by atoms with Gasteiger partial charge in [-0.05, 0) is 26.2 Å². The van der Waals surface area contributed by atoms with Crippen LogP contribution in [0.5, 0.6) is 0 Å². The highest BCUT2D eigenvalue weighted by Crippen LogP contribution is 2.17. The molecule has 2 heterocycles. The van der Waals surface area contributed by atoms with E-state index >= 15 is 0 Å². The van der Waals surface area contributed by atoms with Gasteiger partial charge in [-0.15, -0.1) is 0 Å². The first-order chi connectivity index (χ1) is 10.5. The number of carbonyl (C=O) groups is 3. The molecule has 0 bridgehead atoms. The molecule has 3 amide bonds. The minimum absolute atomic E-state index is 0.00777. The molecule has 0 unspecified atom stereocenters. The Labute approximate surface area is 129 Å². The van der Waals surface area contributed by atoms with Gasteiger partial charge >= 0.3 is 0 Å². The lowest BCUT2D eigenvalue weighted by Crippen LogP contribution is -2.51. The molecule has 2 aliphatic rings. The molecule has 8 heteroatoms. The summed E-state index contributed by atoms with van der Waals surface area (Å²) in [5.74, 6) is -1.25. The minimum Gasteiger partial charge on any atom is -0.377 e. The molecule has 124 valence electrons.